The SMILES string of the molecule is Fc1ccc(Br)cc1NCc1cccc(Br)c1. The first kappa shape index (κ1) is 12.6. The number of benzene rings is 2. The molecule has 0 saturated carbocycles. The van der Waals surface area contributed by atoms with Crippen molar-refractivity contribution in [3.8, 4) is 0 Å². The fraction of sp³-hybridized carbons (Fsp3) is 0.0769. The van der Waals surface area contributed by atoms with Gasteiger partial charge in [-0.05, 0) is 35.9 Å². The van der Waals surface area contributed by atoms with Crippen LogP contribution in [0.2, 0.25) is 0 Å². The molecule has 0 fully saturated rings. The standard InChI is InChI=1S/C13H10Br2FN/c14-10-3-1-2-9(6-10)8-17-13-7-11(15)4-5-12(13)16/h1-7,17H,8H2. The van der Waals surface area contributed by atoms with Gasteiger partial charge in [0.2, 0.25) is 0 Å². The van der Waals surface area contributed by atoms with E-state index in [1.165, 1.54) is 6.07 Å². The summed E-state index contributed by atoms with van der Waals surface area (Å²) in [5.41, 5.74) is 1.60. The van der Waals surface area contributed by atoms with Gasteiger partial charge in [-0.1, -0.05) is 44.0 Å². The van der Waals surface area contributed by atoms with Gasteiger partial charge in [-0.2, -0.15) is 0 Å². The normalized spacial score (nSPS) is 10.3. The highest BCUT2D eigenvalue weighted by molar-refractivity contribution is 9.10. The molecule has 2 rings (SSSR count). The number of hydrogen-bond acceptors (Lipinski definition) is 1. The predicted molar refractivity (Wildman–Crippen MR) is 75.6 cm³/mol. The monoisotopic (exact) mass is 357 g/mol. The maximum absolute atomic E-state index is 13.5. The van der Waals surface area contributed by atoms with E-state index >= 15 is 0 Å². The molecule has 0 aliphatic carbocycles. The Kier molecular flexibility index (Phi) is 4.18. The first-order valence-electron chi connectivity index (χ1n) is 5.08. The van der Waals surface area contributed by atoms with Crippen LogP contribution in [0.15, 0.2) is 51.4 Å². The minimum Gasteiger partial charge on any atom is -0.379 e. The summed E-state index contributed by atoms with van der Waals surface area (Å²) in [6.07, 6.45) is 0. The molecule has 4 heteroatoms. The first-order chi connectivity index (χ1) is 8.15. The summed E-state index contributed by atoms with van der Waals surface area (Å²) in [6, 6.07) is 12.8. The molecule has 0 aromatic heterocycles. The van der Waals surface area contributed by atoms with Crippen LogP contribution in [0.4, 0.5) is 10.1 Å². The minimum absolute atomic E-state index is 0.247. The second kappa shape index (κ2) is 5.65. The fourth-order valence-corrected chi connectivity index (χ4v) is 2.28. The van der Waals surface area contributed by atoms with Crippen LogP contribution in [0.1, 0.15) is 5.56 Å². The summed E-state index contributed by atoms with van der Waals surface area (Å²) in [4.78, 5) is 0. The summed E-state index contributed by atoms with van der Waals surface area (Å²) in [5, 5.41) is 3.07. The maximum Gasteiger partial charge on any atom is 0.146 e. The lowest BCUT2D eigenvalue weighted by Gasteiger charge is -2.08. The topological polar surface area (TPSA) is 12.0 Å². The van der Waals surface area contributed by atoms with Crippen LogP contribution >= 0.6 is 31.9 Å². The molecular formula is C13H10Br2FN. The van der Waals surface area contributed by atoms with E-state index in [4.69, 9.17) is 0 Å². The van der Waals surface area contributed by atoms with Crippen molar-refractivity contribution in [1.82, 2.24) is 0 Å². The van der Waals surface area contributed by atoms with Crippen LogP contribution < -0.4 is 5.32 Å². The summed E-state index contributed by atoms with van der Waals surface area (Å²) in [7, 11) is 0. The summed E-state index contributed by atoms with van der Waals surface area (Å²) >= 11 is 6.73. The Labute approximate surface area is 116 Å². The third-order valence-corrected chi connectivity index (χ3v) is 3.29. The second-order valence-electron chi connectivity index (χ2n) is 3.61. The predicted octanol–water partition coefficient (Wildman–Crippen LogP) is 4.96. The molecule has 0 aliphatic heterocycles. The largest absolute Gasteiger partial charge is 0.379 e. The molecule has 0 radical (unpaired) electrons. The first-order valence-corrected chi connectivity index (χ1v) is 6.67. The highest BCUT2D eigenvalue weighted by atomic mass is 79.9. The molecular weight excluding hydrogens is 349 g/mol. The van der Waals surface area contributed by atoms with Gasteiger partial charge in [0.05, 0.1) is 5.69 Å². The second-order valence-corrected chi connectivity index (χ2v) is 5.44. The Morgan fingerprint density at radius 1 is 1.00 bits per heavy atom. The summed E-state index contributed by atoms with van der Waals surface area (Å²) < 4.78 is 15.3. The number of nitrogens with one attached hydrogen (secondary N) is 1. The highest BCUT2D eigenvalue weighted by Crippen LogP contribution is 2.21. The molecule has 17 heavy (non-hydrogen) atoms. The van der Waals surface area contributed by atoms with Crippen molar-refractivity contribution in [2.75, 3.05) is 5.32 Å². The van der Waals surface area contributed by atoms with Crippen molar-refractivity contribution in [2.45, 2.75) is 6.54 Å². The molecule has 0 bridgehead atoms. The minimum atomic E-state index is -0.247. The zero-order valence-electron chi connectivity index (χ0n) is 8.88. The van der Waals surface area contributed by atoms with Crippen molar-refractivity contribution in [1.29, 1.82) is 0 Å². The average Bonchev–Trinajstić information content (AvgIpc) is 2.30. The van der Waals surface area contributed by atoms with Crippen LogP contribution in [0.3, 0.4) is 0 Å². The molecule has 2 aromatic rings. The number of hydrogen-bond donors (Lipinski definition) is 1. The Morgan fingerprint density at radius 3 is 2.53 bits per heavy atom. The molecule has 1 nitrogen and oxygen atoms in total. The lowest BCUT2D eigenvalue weighted by Crippen LogP contribution is -2.01. The van der Waals surface area contributed by atoms with E-state index in [2.05, 4.69) is 37.2 Å². The lowest BCUT2D eigenvalue weighted by molar-refractivity contribution is 0.630. The quantitative estimate of drug-likeness (QED) is 0.817. The van der Waals surface area contributed by atoms with Crippen molar-refractivity contribution < 1.29 is 4.39 Å². The van der Waals surface area contributed by atoms with Crippen molar-refractivity contribution in [3.63, 3.8) is 0 Å². The van der Waals surface area contributed by atoms with Gasteiger partial charge in [0, 0.05) is 15.5 Å². The van der Waals surface area contributed by atoms with E-state index in [1.807, 2.05) is 24.3 Å². The van der Waals surface area contributed by atoms with Gasteiger partial charge in [0.1, 0.15) is 5.82 Å². The summed E-state index contributed by atoms with van der Waals surface area (Å²) in [6.45, 7) is 0.590. The van der Waals surface area contributed by atoms with Crippen LogP contribution in [0.25, 0.3) is 0 Å². The zero-order chi connectivity index (χ0) is 12.3. The van der Waals surface area contributed by atoms with E-state index in [0.29, 0.717) is 12.2 Å². The van der Waals surface area contributed by atoms with E-state index in [0.717, 1.165) is 14.5 Å². The van der Waals surface area contributed by atoms with E-state index in [-0.39, 0.29) is 5.82 Å². The molecule has 0 heterocycles. The van der Waals surface area contributed by atoms with E-state index in [9.17, 15) is 4.39 Å². The van der Waals surface area contributed by atoms with Gasteiger partial charge in [-0.3, -0.25) is 0 Å². The molecule has 1 N–H and O–H groups in total. The van der Waals surface area contributed by atoms with Crippen LogP contribution in [0.5, 0.6) is 0 Å². The third-order valence-electron chi connectivity index (χ3n) is 2.30. The molecule has 0 unspecified atom stereocenters. The third kappa shape index (κ3) is 3.54. The lowest BCUT2D eigenvalue weighted by atomic mass is 10.2. The van der Waals surface area contributed by atoms with Gasteiger partial charge in [0.25, 0.3) is 0 Å². The molecule has 88 valence electrons. The molecule has 2 aromatic carbocycles. The number of halogens is 3. The Balaban J connectivity index is 2.09. The van der Waals surface area contributed by atoms with Gasteiger partial charge >= 0.3 is 0 Å². The van der Waals surface area contributed by atoms with Gasteiger partial charge < -0.3 is 5.32 Å². The Morgan fingerprint density at radius 2 is 1.76 bits per heavy atom. The van der Waals surface area contributed by atoms with Gasteiger partial charge in [-0.15, -0.1) is 0 Å². The van der Waals surface area contributed by atoms with Crippen molar-refractivity contribution in [3.05, 3.63) is 62.8 Å². The zero-order valence-corrected chi connectivity index (χ0v) is 12.1. The highest BCUT2D eigenvalue weighted by Gasteiger charge is 2.02. The molecule has 0 spiro atoms. The number of rotatable bonds is 3. The Bertz CT molecular complexity index is 529. The van der Waals surface area contributed by atoms with Crippen molar-refractivity contribution in [2.24, 2.45) is 0 Å². The van der Waals surface area contributed by atoms with Gasteiger partial charge in [-0.25, -0.2) is 4.39 Å². The number of anilines is 1. The maximum atomic E-state index is 13.5. The molecule has 0 atom stereocenters. The van der Waals surface area contributed by atoms with Crippen LogP contribution in [-0.4, -0.2) is 0 Å². The van der Waals surface area contributed by atoms with E-state index < -0.39 is 0 Å². The fourth-order valence-electron chi connectivity index (χ4n) is 1.48. The molecule has 0 saturated heterocycles. The van der Waals surface area contributed by atoms with Crippen LogP contribution in [-0.2, 0) is 6.54 Å². The molecule has 0 aliphatic rings. The molecule has 0 amide bonds. The summed E-state index contributed by atoms with van der Waals surface area (Å²) in [5.74, 6) is -0.247. The smallest absolute Gasteiger partial charge is 0.146 e. The van der Waals surface area contributed by atoms with E-state index in [1.54, 1.807) is 12.1 Å². The van der Waals surface area contributed by atoms with Crippen molar-refractivity contribution >= 4 is 37.5 Å². The van der Waals surface area contributed by atoms with Gasteiger partial charge in [0.15, 0.2) is 0 Å². The Hall–Kier alpha value is -0.870. The van der Waals surface area contributed by atoms with Crippen LogP contribution in [0, 0.1) is 5.82 Å². The average molecular weight is 359 g/mol.